The van der Waals surface area contributed by atoms with Crippen LogP contribution in [0.25, 0.3) is 0 Å². The second kappa shape index (κ2) is 8.67. The van der Waals surface area contributed by atoms with Crippen molar-refractivity contribution in [1.29, 1.82) is 0 Å². The summed E-state index contributed by atoms with van der Waals surface area (Å²) in [7, 11) is 1.63. The number of rotatable bonds is 6. The Hall–Kier alpha value is -1.88. The molecule has 0 N–H and O–H groups in total. The van der Waals surface area contributed by atoms with Crippen molar-refractivity contribution in [3.63, 3.8) is 0 Å². The van der Waals surface area contributed by atoms with Crippen LogP contribution in [0.3, 0.4) is 0 Å². The van der Waals surface area contributed by atoms with Crippen molar-refractivity contribution in [3.8, 4) is 0 Å². The molecule has 1 atom stereocenters. The standard InChI is InChI=1S/C20H26ClNO4/c1-14(2)26-19(25)12-11-18(24)22(3)20(13-7-6-10-17(20)23)15-8-4-5-9-16(15)21/h4-5,8-9,14H,6-7,10-13H2,1-3H3. The van der Waals surface area contributed by atoms with E-state index in [9.17, 15) is 14.4 Å². The van der Waals surface area contributed by atoms with Crippen LogP contribution in [0.2, 0.25) is 5.02 Å². The zero-order valence-electron chi connectivity index (χ0n) is 15.6. The molecule has 1 fully saturated rings. The highest BCUT2D eigenvalue weighted by atomic mass is 35.5. The maximum atomic E-state index is 13.0. The Morgan fingerprint density at radius 1 is 1.23 bits per heavy atom. The molecule has 1 aromatic carbocycles. The summed E-state index contributed by atoms with van der Waals surface area (Å²) in [6.07, 6.45) is 2.38. The number of likely N-dealkylation sites (N-methyl/N-ethyl adjacent to an activating group) is 1. The number of amides is 1. The minimum atomic E-state index is -1.06. The number of carbonyl (C=O) groups excluding carboxylic acids is 3. The SMILES string of the molecule is CC(C)OC(=O)CCC(=O)N(C)C1(c2ccccc2Cl)CCCCC1=O. The fourth-order valence-electron chi connectivity index (χ4n) is 3.54. The van der Waals surface area contributed by atoms with Gasteiger partial charge >= 0.3 is 5.97 Å². The lowest BCUT2D eigenvalue weighted by atomic mass is 9.74. The highest BCUT2D eigenvalue weighted by molar-refractivity contribution is 6.31. The van der Waals surface area contributed by atoms with Gasteiger partial charge in [0.15, 0.2) is 5.78 Å². The molecule has 1 unspecified atom stereocenters. The number of hydrogen-bond donors (Lipinski definition) is 0. The van der Waals surface area contributed by atoms with E-state index in [1.807, 2.05) is 12.1 Å². The predicted molar refractivity (Wildman–Crippen MR) is 99.8 cm³/mol. The van der Waals surface area contributed by atoms with Gasteiger partial charge in [0.25, 0.3) is 0 Å². The van der Waals surface area contributed by atoms with Crippen molar-refractivity contribution >= 4 is 29.3 Å². The van der Waals surface area contributed by atoms with E-state index in [-0.39, 0.29) is 30.6 Å². The van der Waals surface area contributed by atoms with Crippen LogP contribution in [0.15, 0.2) is 24.3 Å². The third-order valence-electron chi connectivity index (χ3n) is 4.83. The summed E-state index contributed by atoms with van der Waals surface area (Å²) in [5, 5.41) is 0.474. The quantitative estimate of drug-likeness (QED) is 0.704. The van der Waals surface area contributed by atoms with E-state index in [2.05, 4.69) is 0 Å². The summed E-state index contributed by atoms with van der Waals surface area (Å²) in [6, 6.07) is 7.17. The topological polar surface area (TPSA) is 63.7 Å². The largest absolute Gasteiger partial charge is 0.463 e. The van der Waals surface area contributed by atoms with Gasteiger partial charge in [-0.1, -0.05) is 29.8 Å². The Labute approximate surface area is 159 Å². The Bertz CT molecular complexity index is 688. The second-order valence-corrected chi connectivity index (χ2v) is 7.37. The lowest BCUT2D eigenvalue weighted by Crippen LogP contribution is -2.54. The molecule has 0 bridgehead atoms. The van der Waals surface area contributed by atoms with Crippen LogP contribution < -0.4 is 0 Å². The molecular formula is C20H26ClNO4. The van der Waals surface area contributed by atoms with Gasteiger partial charge < -0.3 is 9.64 Å². The molecule has 6 heteroatoms. The van der Waals surface area contributed by atoms with Crippen LogP contribution in [0.1, 0.15) is 57.9 Å². The van der Waals surface area contributed by atoms with E-state index < -0.39 is 11.5 Å². The molecule has 1 amide bonds. The van der Waals surface area contributed by atoms with E-state index in [1.54, 1.807) is 33.0 Å². The number of nitrogens with zero attached hydrogens (tertiary/aromatic N) is 1. The van der Waals surface area contributed by atoms with Gasteiger partial charge in [0.1, 0.15) is 5.54 Å². The molecule has 2 rings (SSSR count). The normalized spacial score (nSPS) is 20.1. The van der Waals surface area contributed by atoms with Crippen molar-refractivity contribution in [3.05, 3.63) is 34.9 Å². The van der Waals surface area contributed by atoms with Crippen LogP contribution in [0.4, 0.5) is 0 Å². The second-order valence-electron chi connectivity index (χ2n) is 6.96. The lowest BCUT2D eigenvalue weighted by Gasteiger charge is -2.44. The number of esters is 1. The average Bonchev–Trinajstić information content (AvgIpc) is 2.60. The number of Topliss-reactive ketones (excluding diaryl/α,β-unsaturated/α-hetero) is 1. The molecule has 5 nitrogen and oxygen atoms in total. The van der Waals surface area contributed by atoms with Crippen molar-refractivity contribution in [2.24, 2.45) is 0 Å². The number of carbonyl (C=O) groups is 3. The van der Waals surface area contributed by atoms with Gasteiger partial charge in [-0.3, -0.25) is 14.4 Å². The average molecular weight is 380 g/mol. The molecule has 26 heavy (non-hydrogen) atoms. The zero-order chi connectivity index (χ0) is 19.3. The molecule has 1 aliphatic rings. The fourth-order valence-corrected chi connectivity index (χ4v) is 3.83. The van der Waals surface area contributed by atoms with Crippen LogP contribution in [0, 0.1) is 0 Å². The first kappa shape index (κ1) is 20.4. The summed E-state index contributed by atoms with van der Waals surface area (Å²) in [4.78, 5) is 39.0. The van der Waals surface area contributed by atoms with Gasteiger partial charge in [0, 0.05) is 30.5 Å². The van der Waals surface area contributed by atoms with Gasteiger partial charge in [-0.05, 0) is 39.2 Å². The predicted octanol–water partition coefficient (Wildman–Crippen LogP) is 3.87. The van der Waals surface area contributed by atoms with Gasteiger partial charge in [-0.15, -0.1) is 0 Å². The number of hydrogen-bond acceptors (Lipinski definition) is 4. The minimum absolute atomic E-state index is 0.00152. The van der Waals surface area contributed by atoms with Crippen LogP contribution in [0.5, 0.6) is 0 Å². The van der Waals surface area contributed by atoms with Crippen molar-refractivity contribution in [1.82, 2.24) is 4.90 Å². The number of ether oxygens (including phenoxy) is 1. The molecule has 0 spiro atoms. The molecular weight excluding hydrogens is 354 g/mol. The van der Waals surface area contributed by atoms with Crippen molar-refractivity contribution < 1.29 is 19.1 Å². The Morgan fingerprint density at radius 2 is 1.92 bits per heavy atom. The molecule has 0 aliphatic heterocycles. The first-order valence-electron chi connectivity index (χ1n) is 9.03. The highest BCUT2D eigenvalue weighted by Crippen LogP contribution is 2.42. The van der Waals surface area contributed by atoms with Crippen LogP contribution in [-0.4, -0.2) is 35.7 Å². The lowest BCUT2D eigenvalue weighted by molar-refractivity contribution is -0.152. The van der Waals surface area contributed by atoms with E-state index in [4.69, 9.17) is 16.3 Å². The Balaban J connectivity index is 2.26. The summed E-state index contributed by atoms with van der Waals surface area (Å²) in [5.74, 6) is -0.679. The van der Waals surface area contributed by atoms with E-state index >= 15 is 0 Å². The molecule has 0 saturated heterocycles. The van der Waals surface area contributed by atoms with Gasteiger partial charge in [0.05, 0.1) is 12.5 Å². The van der Waals surface area contributed by atoms with Crippen molar-refractivity contribution in [2.75, 3.05) is 7.05 Å². The van der Waals surface area contributed by atoms with E-state index in [0.29, 0.717) is 23.4 Å². The number of halogens is 1. The smallest absolute Gasteiger partial charge is 0.306 e. The van der Waals surface area contributed by atoms with Crippen molar-refractivity contribution in [2.45, 2.75) is 64.0 Å². The maximum absolute atomic E-state index is 13.0. The third-order valence-corrected chi connectivity index (χ3v) is 5.16. The summed E-state index contributed by atoms with van der Waals surface area (Å²) < 4.78 is 5.08. The van der Waals surface area contributed by atoms with Crippen LogP contribution >= 0.6 is 11.6 Å². The number of ketones is 1. The summed E-state index contributed by atoms with van der Waals surface area (Å²) in [6.45, 7) is 3.53. The molecule has 0 heterocycles. The molecule has 1 saturated carbocycles. The first-order valence-corrected chi connectivity index (χ1v) is 9.41. The Kier molecular flexibility index (Phi) is 6.81. The molecule has 1 aliphatic carbocycles. The monoisotopic (exact) mass is 379 g/mol. The minimum Gasteiger partial charge on any atom is -0.463 e. The Morgan fingerprint density at radius 3 is 2.54 bits per heavy atom. The molecule has 1 aromatic rings. The molecule has 0 aromatic heterocycles. The fraction of sp³-hybridized carbons (Fsp3) is 0.550. The molecule has 0 radical (unpaired) electrons. The van der Waals surface area contributed by atoms with E-state index in [1.165, 1.54) is 4.90 Å². The van der Waals surface area contributed by atoms with Gasteiger partial charge in [0.2, 0.25) is 5.91 Å². The summed E-state index contributed by atoms with van der Waals surface area (Å²) >= 11 is 6.38. The first-order chi connectivity index (χ1) is 12.3. The van der Waals surface area contributed by atoms with Gasteiger partial charge in [-0.25, -0.2) is 0 Å². The zero-order valence-corrected chi connectivity index (χ0v) is 16.3. The van der Waals surface area contributed by atoms with E-state index in [0.717, 1.165) is 12.8 Å². The van der Waals surface area contributed by atoms with Gasteiger partial charge in [-0.2, -0.15) is 0 Å². The maximum Gasteiger partial charge on any atom is 0.306 e. The highest BCUT2D eigenvalue weighted by Gasteiger charge is 2.47. The molecule has 142 valence electrons. The summed E-state index contributed by atoms with van der Waals surface area (Å²) in [5.41, 5.74) is -0.401. The third kappa shape index (κ3) is 4.26. The number of benzene rings is 1. The van der Waals surface area contributed by atoms with Crippen LogP contribution in [-0.2, 0) is 24.7 Å².